The first kappa shape index (κ1) is 28.3. The average Bonchev–Trinajstić information content (AvgIpc) is 2.70. The summed E-state index contributed by atoms with van der Waals surface area (Å²) in [6, 6.07) is -4.89. The number of carbonyl (C=O) groups is 5. The van der Waals surface area contributed by atoms with Gasteiger partial charge in [-0.25, -0.2) is 4.79 Å². The number of hydrogen-bond acceptors (Lipinski definition) is 7. The summed E-state index contributed by atoms with van der Waals surface area (Å²) < 4.78 is 0. The third-order valence-electron chi connectivity index (χ3n) is 4.85. The van der Waals surface area contributed by atoms with E-state index in [0.717, 1.165) is 0 Å². The monoisotopic (exact) mass is 446 g/mol. The van der Waals surface area contributed by atoms with Crippen molar-refractivity contribution in [2.24, 2.45) is 17.6 Å². The summed E-state index contributed by atoms with van der Waals surface area (Å²) in [4.78, 5) is 59.2. The lowest BCUT2D eigenvalue weighted by Gasteiger charge is -2.27. The van der Waals surface area contributed by atoms with Gasteiger partial charge in [-0.15, -0.1) is 0 Å². The highest BCUT2D eigenvalue weighted by molar-refractivity contribution is 5.94. The molecule has 0 rings (SSSR count). The standard InChI is InChI=1S/C19H34N4O8/c1-5-10(4)15(19(30)31)23-17(28)12(8-24)21-18(29)14(9(2)3)22-16(27)11(20)6-7-13(25)26/h9-12,14-15,24H,5-8,20H2,1-4H3,(H,21,29)(H,22,27)(H,23,28)(H,25,26)(H,30,31). The fourth-order valence-electron chi connectivity index (χ4n) is 2.60. The maximum Gasteiger partial charge on any atom is 0.326 e. The van der Waals surface area contributed by atoms with E-state index >= 15 is 0 Å². The number of carbonyl (C=O) groups excluding carboxylic acids is 3. The lowest BCUT2D eigenvalue weighted by atomic mass is 9.98. The lowest BCUT2D eigenvalue weighted by Crippen LogP contribution is -2.59. The van der Waals surface area contributed by atoms with Crippen LogP contribution in [0.25, 0.3) is 0 Å². The van der Waals surface area contributed by atoms with Crippen LogP contribution in [0, 0.1) is 11.8 Å². The normalized spacial score (nSPS) is 15.8. The molecule has 8 N–H and O–H groups in total. The van der Waals surface area contributed by atoms with Crippen LogP contribution in [0.5, 0.6) is 0 Å². The van der Waals surface area contributed by atoms with Crippen molar-refractivity contribution in [1.29, 1.82) is 0 Å². The van der Waals surface area contributed by atoms with Gasteiger partial charge in [-0.1, -0.05) is 34.1 Å². The molecule has 0 aliphatic rings. The van der Waals surface area contributed by atoms with Gasteiger partial charge in [0, 0.05) is 6.42 Å². The van der Waals surface area contributed by atoms with E-state index in [9.17, 15) is 34.2 Å². The highest BCUT2D eigenvalue weighted by atomic mass is 16.4. The summed E-state index contributed by atoms with van der Waals surface area (Å²) in [5.74, 6) is -5.56. The van der Waals surface area contributed by atoms with Gasteiger partial charge >= 0.3 is 11.9 Å². The zero-order valence-electron chi connectivity index (χ0n) is 18.3. The molecule has 0 aliphatic carbocycles. The van der Waals surface area contributed by atoms with Crippen LogP contribution in [0.2, 0.25) is 0 Å². The fourth-order valence-corrected chi connectivity index (χ4v) is 2.60. The van der Waals surface area contributed by atoms with Crippen LogP contribution >= 0.6 is 0 Å². The first-order chi connectivity index (χ1) is 14.3. The molecule has 3 amide bonds. The van der Waals surface area contributed by atoms with Crippen LogP contribution in [-0.4, -0.2) is 75.8 Å². The number of nitrogens with one attached hydrogen (secondary N) is 3. The Kier molecular flexibility index (Phi) is 12.4. The minimum Gasteiger partial charge on any atom is -0.481 e. The zero-order valence-corrected chi connectivity index (χ0v) is 18.3. The molecule has 5 atom stereocenters. The molecule has 12 nitrogen and oxygen atoms in total. The molecule has 0 aromatic heterocycles. The smallest absolute Gasteiger partial charge is 0.326 e. The second kappa shape index (κ2) is 13.5. The van der Waals surface area contributed by atoms with E-state index in [-0.39, 0.29) is 18.8 Å². The van der Waals surface area contributed by atoms with Gasteiger partial charge in [-0.05, 0) is 18.3 Å². The summed E-state index contributed by atoms with van der Waals surface area (Å²) in [6.45, 7) is 5.87. The summed E-state index contributed by atoms with van der Waals surface area (Å²) in [6.07, 6.45) is 0.0409. The van der Waals surface area contributed by atoms with Gasteiger partial charge in [-0.3, -0.25) is 19.2 Å². The van der Waals surface area contributed by atoms with Gasteiger partial charge in [0.25, 0.3) is 0 Å². The molecule has 0 saturated carbocycles. The first-order valence-electron chi connectivity index (χ1n) is 10.1. The number of nitrogens with two attached hydrogens (primary N) is 1. The van der Waals surface area contributed by atoms with E-state index in [4.69, 9.17) is 10.8 Å². The van der Waals surface area contributed by atoms with Crippen molar-refractivity contribution in [3.8, 4) is 0 Å². The van der Waals surface area contributed by atoms with E-state index in [0.29, 0.717) is 6.42 Å². The van der Waals surface area contributed by atoms with E-state index < -0.39 is 66.4 Å². The number of hydrogen-bond donors (Lipinski definition) is 7. The van der Waals surface area contributed by atoms with Crippen molar-refractivity contribution in [1.82, 2.24) is 16.0 Å². The molecule has 31 heavy (non-hydrogen) atoms. The summed E-state index contributed by atoms with van der Waals surface area (Å²) in [5.41, 5.74) is 5.65. The molecular formula is C19H34N4O8. The van der Waals surface area contributed by atoms with Crippen LogP contribution in [0.1, 0.15) is 47.0 Å². The van der Waals surface area contributed by atoms with Crippen molar-refractivity contribution < 1.29 is 39.3 Å². The molecule has 0 radical (unpaired) electrons. The largest absolute Gasteiger partial charge is 0.481 e. The highest BCUT2D eigenvalue weighted by Gasteiger charge is 2.32. The van der Waals surface area contributed by atoms with Crippen LogP contribution in [0.4, 0.5) is 0 Å². The Morgan fingerprint density at radius 2 is 1.42 bits per heavy atom. The zero-order chi connectivity index (χ0) is 24.3. The maximum absolute atomic E-state index is 12.6. The Bertz CT molecular complexity index is 655. The molecule has 0 heterocycles. The topological polar surface area (TPSA) is 208 Å². The van der Waals surface area contributed by atoms with Gasteiger partial charge in [0.1, 0.15) is 18.1 Å². The molecule has 0 fully saturated rings. The number of aliphatic hydroxyl groups excluding tert-OH is 1. The molecule has 0 aromatic carbocycles. The number of aliphatic carboxylic acids is 2. The van der Waals surface area contributed by atoms with Gasteiger partial charge < -0.3 is 37.0 Å². The molecule has 0 spiro atoms. The fraction of sp³-hybridized carbons (Fsp3) is 0.737. The van der Waals surface area contributed by atoms with Crippen molar-refractivity contribution in [2.75, 3.05) is 6.61 Å². The second-order valence-electron chi connectivity index (χ2n) is 7.72. The Morgan fingerprint density at radius 3 is 1.84 bits per heavy atom. The Balaban J connectivity index is 5.18. The second-order valence-corrected chi connectivity index (χ2v) is 7.72. The molecule has 0 aromatic rings. The van der Waals surface area contributed by atoms with Crippen molar-refractivity contribution >= 4 is 29.7 Å². The van der Waals surface area contributed by atoms with E-state index in [1.54, 1.807) is 27.7 Å². The summed E-state index contributed by atoms with van der Waals surface area (Å²) >= 11 is 0. The van der Waals surface area contributed by atoms with Crippen LogP contribution in [-0.2, 0) is 24.0 Å². The Morgan fingerprint density at radius 1 is 0.871 bits per heavy atom. The van der Waals surface area contributed by atoms with Gasteiger partial charge in [0.15, 0.2) is 0 Å². The minimum absolute atomic E-state index is 0.124. The number of rotatable bonds is 14. The molecule has 12 heteroatoms. The molecule has 0 aliphatic heterocycles. The lowest BCUT2D eigenvalue weighted by molar-refractivity contribution is -0.144. The highest BCUT2D eigenvalue weighted by Crippen LogP contribution is 2.09. The van der Waals surface area contributed by atoms with Gasteiger partial charge in [-0.2, -0.15) is 0 Å². The SMILES string of the molecule is CCC(C)C(NC(=O)C(CO)NC(=O)C(NC(=O)C(N)CCC(=O)O)C(C)C)C(=O)O. The Labute approximate surface area is 180 Å². The molecule has 0 bridgehead atoms. The molecular weight excluding hydrogens is 412 g/mol. The Hall–Kier alpha value is -2.73. The third-order valence-corrected chi connectivity index (χ3v) is 4.85. The maximum atomic E-state index is 12.6. The number of aliphatic hydroxyl groups is 1. The predicted octanol–water partition coefficient (Wildman–Crippen LogP) is -1.59. The van der Waals surface area contributed by atoms with Crippen LogP contribution in [0.15, 0.2) is 0 Å². The summed E-state index contributed by atoms with van der Waals surface area (Å²) in [7, 11) is 0. The first-order valence-corrected chi connectivity index (χ1v) is 10.1. The van der Waals surface area contributed by atoms with Gasteiger partial charge in [0.05, 0.1) is 12.6 Å². The molecule has 178 valence electrons. The van der Waals surface area contributed by atoms with E-state index in [1.807, 2.05) is 0 Å². The van der Waals surface area contributed by atoms with Crippen LogP contribution in [0.3, 0.4) is 0 Å². The number of carboxylic acid groups (broad SMARTS) is 2. The minimum atomic E-state index is -1.43. The molecule has 5 unspecified atom stereocenters. The van der Waals surface area contributed by atoms with Crippen LogP contribution < -0.4 is 21.7 Å². The average molecular weight is 447 g/mol. The van der Waals surface area contributed by atoms with Gasteiger partial charge in [0.2, 0.25) is 17.7 Å². The van der Waals surface area contributed by atoms with Crippen molar-refractivity contribution in [3.63, 3.8) is 0 Å². The third kappa shape index (κ3) is 9.75. The summed E-state index contributed by atoms with van der Waals surface area (Å²) in [5, 5.41) is 34.5. The van der Waals surface area contributed by atoms with Crippen molar-refractivity contribution in [2.45, 2.75) is 71.1 Å². The quantitative estimate of drug-likeness (QED) is 0.164. The molecule has 0 saturated heterocycles. The van der Waals surface area contributed by atoms with E-state index in [1.165, 1.54) is 0 Å². The van der Waals surface area contributed by atoms with Crippen molar-refractivity contribution in [3.05, 3.63) is 0 Å². The number of amides is 3. The number of carboxylic acids is 2. The van der Waals surface area contributed by atoms with E-state index in [2.05, 4.69) is 16.0 Å². The predicted molar refractivity (Wildman–Crippen MR) is 110 cm³/mol.